The zero-order valence-corrected chi connectivity index (χ0v) is 14.5. The Balaban J connectivity index is 1.77. The van der Waals surface area contributed by atoms with Crippen molar-refractivity contribution >= 4 is 5.78 Å². The summed E-state index contributed by atoms with van der Waals surface area (Å²) in [4.78, 5) is 20.1. The molecule has 3 rings (SSSR count). The highest BCUT2D eigenvalue weighted by molar-refractivity contribution is 6.08. The van der Waals surface area contributed by atoms with Crippen LogP contribution in [0, 0.1) is 5.92 Å². The molecule has 0 aliphatic carbocycles. The summed E-state index contributed by atoms with van der Waals surface area (Å²) in [6, 6.07) is 4.86. The molecule has 0 atom stereocenters. The number of nitrogens with zero attached hydrogens (tertiary/aromatic N) is 2. The number of ether oxygens (including phenoxy) is 2. The van der Waals surface area contributed by atoms with Gasteiger partial charge in [0.05, 0.1) is 12.2 Å². The lowest BCUT2D eigenvalue weighted by Crippen LogP contribution is -2.19. The van der Waals surface area contributed by atoms with Crippen LogP contribution in [-0.4, -0.2) is 35.6 Å². The lowest BCUT2D eigenvalue weighted by atomic mass is 9.97. The molecule has 0 amide bonds. The van der Waals surface area contributed by atoms with Crippen LogP contribution < -0.4 is 4.74 Å². The number of hydrogen-bond donors (Lipinski definition) is 0. The highest BCUT2D eigenvalue weighted by Crippen LogP contribution is 2.33. The Morgan fingerprint density at radius 1 is 1.22 bits per heavy atom. The predicted molar refractivity (Wildman–Crippen MR) is 90.6 cm³/mol. The molecule has 3 heterocycles. The number of ketones is 1. The second-order valence-electron chi connectivity index (χ2n) is 6.31. The minimum Gasteiger partial charge on any atom is -0.478 e. The van der Waals surface area contributed by atoms with Crippen molar-refractivity contribution in [2.45, 2.75) is 25.4 Å². The lowest BCUT2D eigenvalue weighted by Gasteiger charge is -2.21. The third kappa shape index (κ3) is 5.03. The summed E-state index contributed by atoms with van der Waals surface area (Å²) in [7, 11) is 0. The van der Waals surface area contributed by atoms with Crippen molar-refractivity contribution in [1.29, 1.82) is 0 Å². The molecule has 1 aliphatic heterocycles. The first-order chi connectivity index (χ1) is 12.9. The second kappa shape index (κ2) is 8.47. The summed E-state index contributed by atoms with van der Waals surface area (Å²) < 4.78 is 50.7. The molecule has 2 aromatic rings. The van der Waals surface area contributed by atoms with Crippen LogP contribution in [0.4, 0.5) is 13.2 Å². The maximum absolute atomic E-state index is 13.3. The van der Waals surface area contributed by atoms with Crippen LogP contribution in [0.1, 0.15) is 40.9 Å². The Labute approximate surface area is 154 Å². The van der Waals surface area contributed by atoms with Gasteiger partial charge in [-0.05, 0) is 43.4 Å². The van der Waals surface area contributed by atoms with Crippen LogP contribution in [0.15, 0.2) is 36.7 Å². The molecular formula is C19H19F3N2O3. The van der Waals surface area contributed by atoms with E-state index in [4.69, 9.17) is 9.47 Å². The molecule has 0 bridgehead atoms. The van der Waals surface area contributed by atoms with Gasteiger partial charge in [-0.15, -0.1) is 0 Å². The molecule has 1 fully saturated rings. The number of pyridine rings is 2. The van der Waals surface area contributed by atoms with Gasteiger partial charge in [0, 0.05) is 37.2 Å². The summed E-state index contributed by atoms with van der Waals surface area (Å²) >= 11 is 0. The third-order valence-electron chi connectivity index (χ3n) is 4.43. The standard InChI is InChI=1S/C19H19F3N2O3/c20-19(21,22)15-3-4-16(27-11-7-13-5-9-26-10-6-13)24-17(15)18(25)14-2-1-8-23-12-14/h1-4,8,12-13H,5-7,9-11H2. The fraction of sp³-hybridized carbons (Fsp3) is 0.421. The van der Waals surface area contributed by atoms with E-state index in [0.29, 0.717) is 25.7 Å². The van der Waals surface area contributed by atoms with Gasteiger partial charge in [0.25, 0.3) is 0 Å². The third-order valence-corrected chi connectivity index (χ3v) is 4.43. The van der Waals surface area contributed by atoms with Gasteiger partial charge in [-0.3, -0.25) is 9.78 Å². The number of carbonyl (C=O) groups is 1. The Morgan fingerprint density at radius 2 is 2.00 bits per heavy atom. The fourth-order valence-electron chi connectivity index (χ4n) is 2.92. The van der Waals surface area contributed by atoms with E-state index >= 15 is 0 Å². The number of rotatable bonds is 6. The summed E-state index contributed by atoms with van der Waals surface area (Å²) in [6.07, 6.45) is 0.593. The van der Waals surface area contributed by atoms with Crippen LogP contribution in [0.2, 0.25) is 0 Å². The van der Waals surface area contributed by atoms with E-state index in [0.717, 1.165) is 31.4 Å². The van der Waals surface area contributed by atoms with E-state index in [-0.39, 0.29) is 11.4 Å². The summed E-state index contributed by atoms with van der Waals surface area (Å²) in [5, 5.41) is 0. The SMILES string of the molecule is O=C(c1cccnc1)c1nc(OCCC2CCOCC2)ccc1C(F)(F)F. The molecule has 0 unspecified atom stereocenters. The van der Waals surface area contributed by atoms with Gasteiger partial charge in [-0.25, -0.2) is 4.98 Å². The van der Waals surface area contributed by atoms with Crippen molar-refractivity contribution in [3.63, 3.8) is 0 Å². The first-order valence-corrected chi connectivity index (χ1v) is 8.68. The molecule has 1 saturated heterocycles. The number of aromatic nitrogens is 2. The van der Waals surface area contributed by atoms with Gasteiger partial charge in [-0.1, -0.05) is 0 Å². The largest absolute Gasteiger partial charge is 0.478 e. The van der Waals surface area contributed by atoms with E-state index < -0.39 is 23.2 Å². The Hall–Kier alpha value is -2.48. The molecule has 0 radical (unpaired) electrons. The van der Waals surface area contributed by atoms with Crippen LogP contribution >= 0.6 is 0 Å². The van der Waals surface area contributed by atoms with Crippen molar-refractivity contribution in [1.82, 2.24) is 9.97 Å². The molecule has 0 spiro atoms. The molecular weight excluding hydrogens is 361 g/mol. The Morgan fingerprint density at radius 3 is 2.67 bits per heavy atom. The van der Waals surface area contributed by atoms with Crippen molar-refractivity contribution < 1.29 is 27.4 Å². The van der Waals surface area contributed by atoms with Crippen LogP contribution in [0.5, 0.6) is 5.88 Å². The van der Waals surface area contributed by atoms with Crippen LogP contribution in [0.25, 0.3) is 0 Å². The van der Waals surface area contributed by atoms with E-state index in [2.05, 4.69) is 9.97 Å². The average molecular weight is 380 g/mol. The number of halogens is 3. The van der Waals surface area contributed by atoms with Gasteiger partial charge >= 0.3 is 6.18 Å². The molecule has 5 nitrogen and oxygen atoms in total. The highest BCUT2D eigenvalue weighted by Gasteiger charge is 2.36. The highest BCUT2D eigenvalue weighted by atomic mass is 19.4. The predicted octanol–water partition coefficient (Wildman–Crippen LogP) is 3.92. The van der Waals surface area contributed by atoms with Crippen LogP contribution in [0.3, 0.4) is 0 Å². The number of hydrogen-bond acceptors (Lipinski definition) is 5. The first kappa shape index (κ1) is 19.3. The molecule has 1 aliphatic rings. The average Bonchev–Trinajstić information content (AvgIpc) is 2.68. The lowest BCUT2D eigenvalue weighted by molar-refractivity contribution is -0.138. The maximum Gasteiger partial charge on any atom is 0.418 e. The van der Waals surface area contributed by atoms with Crippen molar-refractivity contribution in [2.24, 2.45) is 5.92 Å². The van der Waals surface area contributed by atoms with E-state index in [9.17, 15) is 18.0 Å². The van der Waals surface area contributed by atoms with E-state index in [1.165, 1.54) is 24.5 Å². The maximum atomic E-state index is 13.3. The van der Waals surface area contributed by atoms with Gasteiger partial charge in [-0.2, -0.15) is 13.2 Å². The number of carbonyl (C=O) groups excluding carboxylic acids is 1. The van der Waals surface area contributed by atoms with E-state index in [1.807, 2.05) is 0 Å². The molecule has 8 heteroatoms. The molecule has 27 heavy (non-hydrogen) atoms. The summed E-state index contributed by atoms with van der Waals surface area (Å²) in [5.41, 5.74) is -1.73. The molecule has 0 aromatic carbocycles. The summed E-state index contributed by atoms with van der Waals surface area (Å²) in [6.45, 7) is 1.75. The molecule has 144 valence electrons. The van der Waals surface area contributed by atoms with E-state index in [1.54, 1.807) is 0 Å². The topological polar surface area (TPSA) is 61.3 Å². The minimum absolute atomic E-state index is 0.00213. The summed E-state index contributed by atoms with van der Waals surface area (Å²) in [5.74, 6) is -0.378. The molecule has 2 aromatic heterocycles. The van der Waals surface area contributed by atoms with Crippen molar-refractivity contribution in [2.75, 3.05) is 19.8 Å². The smallest absolute Gasteiger partial charge is 0.418 e. The van der Waals surface area contributed by atoms with Crippen LogP contribution in [-0.2, 0) is 10.9 Å². The monoisotopic (exact) mass is 380 g/mol. The zero-order chi connectivity index (χ0) is 19.3. The van der Waals surface area contributed by atoms with Gasteiger partial charge in [0.1, 0.15) is 5.69 Å². The quantitative estimate of drug-likeness (QED) is 0.711. The zero-order valence-electron chi connectivity index (χ0n) is 14.5. The first-order valence-electron chi connectivity index (χ1n) is 8.68. The molecule has 0 saturated carbocycles. The number of alkyl halides is 3. The van der Waals surface area contributed by atoms with Crippen molar-refractivity contribution in [3.8, 4) is 5.88 Å². The van der Waals surface area contributed by atoms with Gasteiger partial charge < -0.3 is 9.47 Å². The normalized spacial score (nSPS) is 15.5. The molecule has 0 N–H and O–H groups in total. The fourth-order valence-corrected chi connectivity index (χ4v) is 2.92. The Kier molecular flexibility index (Phi) is 6.05. The van der Waals surface area contributed by atoms with Gasteiger partial charge in [0.2, 0.25) is 11.7 Å². The second-order valence-corrected chi connectivity index (χ2v) is 6.31. The van der Waals surface area contributed by atoms with Crippen molar-refractivity contribution in [3.05, 3.63) is 53.5 Å². The van der Waals surface area contributed by atoms with Gasteiger partial charge in [0.15, 0.2) is 0 Å². The minimum atomic E-state index is -4.69. The Bertz CT molecular complexity index is 776.